The van der Waals surface area contributed by atoms with Crippen LogP contribution in [-0.4, -0.2) is 19.1 Å². The molecule has 2 nitrogen and oxygen atoms in total. The van der Waals surface area contributed by atoms with Crippen molar-refractivity contribution in [2.75, 3.05) is 18.0 Å². The third-order valence-corrected chi connectivity index (χ3v) is 3.29. The average molecular weight is 269 g/mol. The van der Waals surface area contributed by atoms with E-state index >= 15 is 0 Å². The maximum absolute atomic E-state index is 6.11. The van der Waals surface area contributed by atoms with E-state index in [1.807, 2.05) is 6.07 Å². The summed E-state index contributed by atoms with van der Waals surface area (Å²) in [7, 11) is 0. The molecule has 0 amide bonds. The predicted molar refractivity (Wildman–Crippen MR) is 81.6 cm³/mol. The highest BCUT2D eigenvalue weighted by atomic mass is 35.5. The van der Waals surface area contributed by atoms with Crippen LogP contribution in [0.3, 0.4) is 0 Å². The van der Waals surface area contributed by atoms with Crippen LogP contribution in [-0.2, 0) is 6.54 Å². The summed E-state index contributed by atoms with van der Waals surface area (Å²) >= 11 is 6.11. The molecule has 102 valence electrons. The third kappa shape index (κ3) is 4.18. The Balaban J connectivity index is 2.94. The van der Waals surface area contributed by atoms with Gasteiger partial charge in [0.05, 0.1) is 0 Å². The lowest BCUT2D eigenvalue weighted by molar-refractivity contribution is 0.661. The minimum Gasteiger partial charge on any atom is -0.369 e. The van der Waals surface area contributed by atoms with Gasteiger partial charge in [-0.2, -0.15) is 0 Å². The van der Waals surface area contributed by atoms with Gasteiger partial charge >= 0.3 is 0 Å². The van der Waals surface area contributed by atoms with E-state index in [0.29, 0.717) is 6.04 Å². The van der Waals surface area contributed by atoms with Crippen molar-refractivity contribution < 1.29 is 0 Å². The lowest BCUT2D eigenvalue weighted by atomic mass is 10.1. The second-order valence-corrected chi connectivity index (χ2v) is 5.27. The molecule has 0 fully saturated rings. The Kier molecular flexibility index (Phi) is 6.51. The zero-order valence-electron chi connectivity index (χ0n) is 12.0. The molecule has 0 aromatic heterocycles. The van der Waals surface area contributed by atoms with Gasteiger partial charge in [0.25, 0.3) is 0 Å². The quantitative estimate of drug-likeness (QED) is 0.750. The van der Waals surface area contributed by atoms with Crippen molar-refractivity contribution in [2.45, 2.75) is 46.7 Å². The third-order valence-electron chi connectivity index (χ3n) is 3.06. The van der Waals surface area contributed by atoms with Crippen LogP contribution in [0.2, 0.25) is 5.02 Å². The van der Waals surface area contributed by atoms with E-state index in [1.165, 1.54) is 11.3 Å². The number of hydrogen-bond donors (Lipinski definition) is 1. The van der Waals surface area contributed by atoms with Gasteiger partial charge in [0.2, 0.25) is 0 Å². The first-order valence-electron chi connectivity index (χ1n) is 6.85. The molecule has 0 bridgehead atoms. The summed E-state index contributed by atoms with van der Waals surface area (Å²) in [5.41, 5.74) is 2.58. The second-order valence-electron chi connectivity index (χ2n) is 4.83. The topological polar surface area (TPSA) is 15.3 Å². The SMILES string of the molecule is CCCNCc1cc(Cl)ccc1N(CC)C(C)C. The van der Waals surface area contributed by atoms with E-state index in [-0.39, 0.29) is 0 Å². The monoisotopic (exact) mass is 268 g/mol. The zero-order chi connectivity index (χ0) is 13.5. The molecule has 0 aliphatic rings. The van der Waals surface area contributed by atoms with Crippen molar-refractivity contribution in [3.63, 3.8) is 0 Å². The molecular weight excluding hydrogens is 244 g/mol. The number of halogens is 1. The van der Waals surface area contributed by atoms with Crippen LogP contribution in [0.5, 0.6) is 0 Å². The Morgan fingerprint density at radius 1 is 1.28 bits per heavy atom. The van der Waals surface area contributed by atoms with Crippen LogP contribution in [0.1, 0.15) is 39.7 Å². The Labute approximate surface area is 116 Å². The zero-order valence-corrected chi connectivity index (χ0v) is 12.7. The number of hydrogen-bond acceptors (Lipinski definition) is 2. The predicted octanol–water partition coefficient (Wildman–Crippen LogP) is 4.07. The molecule has 0 aliphatic heterocycles. The summed E-state index contributed by atoms with van der Waals surface area (Å²) in [6.45, 7) is 11.8. The standard InChI is InChI=1S/C15H25ClN2/c1-5-9-17-11-13-10-14(16)7-8-15(13)18(6-2)12(3)4/h7-8,10,12,17H,5-6,9,11H2,1-4H3. The number of anilines is 1. The van der Waals surface area contributed by atoms with Crippen LogP contribution in [0.15, 0.2) is 18.2 Å². The van der Waals surface area contributed by atoms with Gasteiger partial charge in [-0.3, -0.25) is 0 Å². The maximum atomic E-state index is 6.11. The molecule has 0 atom stereocenters. The van der Waals surface area contributed by atoms with E-state index in [9.17, 15) is 0 Å². The van der Waals surface area contributed by atoms with E-state index < -0.39 is 0 Å². The summed E-state index contributed by atoms with van der Waals surface area (Å²) in [6, 6.07) is 6.69. The van der Waals surface area contributed by atoms with Crippen molar-refractivity contribution in [3.05, 3.63) is 28.8 Å². The fourth-order valence-electron chi connectivity index (χ4n) is 2.19. The summed E-state index contributed by atoms with van der Waals surface area (Å²) in [5, 5.41) is 4.26. The van der Waals surface area contributed by atoms with Crippen LogP contribution < -0.4 is 10.2 Å². The van der Waals surface area contributed by atoms with Crippen LogP contribution >= 0.6 is 11.6 Å². The average Bonchev–Trinajstić information content (AvgIpc) is 2.32. The Bertz CT molecular complexity index is 364. The number of benzene rings is 1. The van der Waals surface area contributed by atoms with Crippen molar-refractivity contribution in [1.29, 1.82) is 0 Å². The molecule has 1 N–H and O–H groups in total. The van der Waals surface area contributed by atoms with Gasteiger partial charge in [0, 0.05) is 29.8 Å². The second kappa shape index (κ2) is 7.65. The van der Waals surface area contributed by atoms with Crippen LogP contribution in [0, 0.1) is 0 Å². The molecular formula is C15H25ClN2. The molecule has 0 saturated carbocycles. The first-order valence-corrected chi connectivity index (χ1v) is 7.23. The molecule has 1 aromatic rings. The van der Waals surface area contributed by atoms with Gasteiger partial charge in [-0.05, 0) is 57.5 Å². The van der Waals surface area contributed by atoms with Crippen molar-refractivity contribution in [3.8, 4) is 0 Å². The molecule has 0 aliphatic carbocycles. The summed E-state index contributed by atoms with van der Waals surface area (Å²) in [4.78, 5) is 2.40. The smallest absolute Gasteiger partial charge is 0.0415 e. The molecule has 0 unspecified atom stereocenters. The van der Waals surface area contributed by atoms with E-state index in [4.69, 9.17) is 11.6 Å². The van der Waals surface area contributed by atoms with Crippen LogP contribution in [0.25, 0.3) is 0 Å². The molecule has 1 rings (SSSR count). The van der Waals surface area contributed by atoms with Gasteiger partial charge in [-0.1, -0.05) is 18.5 Å². The van der Waals surface area contributed by atoms with Crippen molar-refractivity contribution >= 4 is 17.3 Å². The fraction of sp³-hybridized carbons (Fsp3) is 0.600. The molecule has 0 radical (unpaired) electrons. The van der Waals surface area contributed by atoms with Gasteiger partial charge in [-0.25, -0.2) is 0 Å². The van der Waals surface area contributed by atoms with Crippen LogP contribution in [0.4, 0.5) is 5.69 Å². The molecule has 0 saturated heterocycles. The van der Waals surface area contributed by atoms with Gasteiger partial charge in [0.1, 0.15) is 0 Å². The van der Waals surface area contributed by atoms with E-state index in [0.717, 1.165) is 31.1 Å². The van der Waals surface area contributed by atoms with Crippen molar-refractivity contribution in [1.82, 2.24) is 5.32 Å². The maximum Gasteiger partial charge on any atom is 0.0415 e. The summed E-state index contributed by atoms with van der Waals surface area (Å²) in [5.74, 6) is 0. The van der Waals surface area contributed by atoms with Gasteiger partial charge < -0.3 is 10.2 Å². The minimum absolute atomic E-state index is 0.501. The van der Waals surface area contributed by atoms with Gasteiger partial charge in [-0.15, -0.1) is 0 Å². The molecule has 1 aromatic carbocycles. The highest BCUT2D eigenvalue weighted by Crippen LogP contribution is 2.25. The lowest BCUT2D eigenvalue weighted by Gasteiger charge is -2.30. The molecule has 0 spiro atoms. The number of rotatable bonds is 7. The minimum atomic E-state index is 0.501. The molecule has 3 heteroatoms. The summed E-state index contributed by atoms with van der Waals surface area (Å²) < 4.78 is 0. The lowest BCUT2D eigenvalue weighted by Crippen LogP contribution is -2.31. The van der Waals surface area contributed by atoms with E-state index in [2.05, 4.69) is 50.0 Å². The summed E-state index contributed by atoms with van der Waals surface area (Å²) in [6.07, 6.45) is 1.15. The van der Waals surface area contributed by atoms with Crippen molar-refractivity contribution in [2.24, 2.45) is 0 Å². The normalized spacial score (nSPS) is 11.0. The Morgan fingerprint density at radius 2 is 2.00 bits per heavy atom. The first-order chi connectivity index (χ1) is 8.60. The number of nitrogens with one attached hydrogen (secondary N) is 1. The van der Waals surface area contributed by atoms with E-state index in [1.54, 1.807) is 0 Å². The highest BCUT2D eigenvalue weighted by molar-refractivity contribution is 6.30. The molecule has 0 heterocycles. The first kappa shape index (κ1) is 15.3. The largest absolute Gasteiger partial charge is 0.369 e. The fourth-order valence-corrected chi connectivity index (χ4v) is 2.38. The highest BCUT2D eigenvalue weighted by Gasteiger charge is 2.12. The Hall–Kier alpha value is -0.730. The van der Waals surface area contributed by atoms with Gasteiger partial charge in [0.15, 0.2) is 0 Å². The number of nitrogens with zero attached hydrogens (tertiary/aromatic N) is 1. The Morgan fingerprint density at radius 3 is 2.56 bits per heavy atom. The molecule has 18 heavy (non-hydrogen) atoms.